The first-order chi connectivity index (χ1) is 8.19. The van der Waals surface area contributed by atoms with Crippen molar-refractivity contribution in [1.29, 1.82) is 0 Å². The highest BCUT2D eigenvalue weighted by Gasteiger charge is 2.46. The molecule has 0 aromatic rings. The third-order valence-electron chi connectivity index (χ3n) is 2.82. The van der Waals surface area contributed by atoms with Crippen molar-refractivity contribution in [2.75, 3.05) is 20.8 Å². The van der Waals surface area contributed by atoms with Crippen molar-refractivity contribution < 1.29 is 28.5 Å². The van der Waals surface area contributed by atoms with Gasteiger partial charge >= 0.3 is 0 Å². The van der Waals surface area contributed by atoms with Gasteiger partial charge in [0.05, 0.1) is 6.10 Å². The van der Waals surface area contributed by atoms with Gasteiger partial charge in [-0.3, -0.25) is 4.79 Å². The predicted octanol–water partition coefficient (Wildman–Crippen LogP) is 0.339. The maximum Gasteiger partial charge on any atom is 0.295 e. The Hall–Kier alpha value is -0.690. The van der Waals surface area contributed by atoms with E-state index in [1.165, 1.54) is 7.11 Å². The average Bonchev–Trinajstić information content (AvgIpc) is 2.30. The summed E-state index contributed by atoms with van der Waals surface area (Å²) in [6.07, 6.45) is -2.10. The molecule has 17 heavy (non-hydrogen) atoms. The summed E-state index contributed by atoms with van der Waals surface area (Å²) in [7, 11) is 3.11. The monoisotopic (exact) mass is 248 g/mol. The van der Waals surface area contributed by atoms with Crippen molar-refractivity contribution in [3.63, 3.8) is 0 Å². The molecule has 0 radical (unpaired) electrons. The maximum atomic E-state index is 10.4. The van der Waals surface area contributed by atoms with Gasteiger partial charge in [-0.05, 0) is 13.8 Å². The van der Waals surface area contributed by atoms with Crippen molar-refractivity contribution in [2.24, 2.45) is 0 Å². The van der Waals surface area contributed by atoms with Gasteiger partial charge in [0.25, 0.3) is 6.47 Å². The molecule has 1 rings (SSSR count). The Morgan fingerprint density at radius 1 is 1.18 bits per heavy atom. The van der Waals surface area contributed by atoms with Crippen LogP contribution in [0.25, 0.3) is 0 Å². The SMILES string of the molecule is CCO[C@@H]1[C@@H](OC)[C@H](C)O[C@@H](OC=O)[C@@H]1OC. The predicted molar refractivity (Wildman–Crippen MR) is 58.5 cm³/mol. The first kappa shape index (κ1) is 14.4. The number of hydrogen-bond donors (Lipinski definition) is 0. The van der Waals surface area contributed by atoms with E-state index in [0.29, 0.717) is 13.1 Å². The maximum absolute atomic E-state index is 10.4. The Labute approximate surface area is 101 Å². The summed E-state index contributed by atoms with van der Waals surface area (Å²) < 4.78 is 26.6. The molecule has 100 valence electrons. The fourth-order valence-corrected chi connectivity index (χ4v) is 2.09. The van der Waals surface area contributed by atoms with E-state index >= 15 is 0 Å². The Balaban J connectivity index is 2.84. The summed E-state index contributed by atoms with van der Waals surface area (Å²) in [6.45, 7) is 4.59. The number of rotatable bonds is 6. The zero-order valence-corrected chi connectivity index (χ0v) is 10.6. The van der Waals surface area contributed by atoms with Crippen LogP contribution < -0.4 is 0 Å². The van der Waals surface area contributed by atoms with E-state index in [0.717, 1.165) is 0 Å². The van der Waals surface area contributed by atoms with Gasteiger partial charge in [0.15, 0.2) is 0 Å². The van der Waals surface area contributed by atoms with Gasteiger partial charge in [0, 0.05) is 20.8 Å². The molecule has 0 spiro atoms. The summed E-state index contributed by atoms with van der Waals surface area (Å²) in [4.78, 5) is 10.4. The fourth-order valence-electron chi connectivity index (χ4n) is 2.09. The van der Waals surface area contributed by atoms with Gasteiger partial charge in [0.2, 0.25) is 6.29 Å². The Kier molecular flexibility index (Phi) is 5.84. The molecule has 0 aromatic carbocycles. The van der Waals surface area contributed by atoms with Crippen LogP contribution in [0, 0.1) is 0 Å². The molecular formula is C11H20O6. The Bertz CT molecular complexity index is 234. The third-order valence-corrected chi connectivity index (χ3v) is 2.82. The zero-order valence-electron chi connectivity index (χ0n) is 10.6. The number of methoxy groups -OCH3 is 2. The van der Waals surface area contributed by atoms with E-state index < -0.39 is 12.4 Å². The van der Waals surface area contributed by atoms with Gasteiger partial charge in [-0.15, -0.1) is 0 Å². The van der Waals surface area contributed by atoms with Crippen LogP contribution in [0.2, 0.25) is 0 Å². The highest BCUT2D eigenvalue weighted by Crippen LogP contribution is 2.27. The first-order valence-corrected chi connectivity index (χ1v) is 5.61. The van der Waals surface area contributed by atoms with Crippen LogP contribution in [-0.2, 0) is 28.5 Å². The second kappa shape index (κ2) is 6.90. The summed E-state index contributed by atoms with van der Waals surface area (Å²) in [5.74, 6) is 0. The molecule has 1 aliphatic heterocycles. The van der Waals surface area contributed by atoms with E-state index in [1.807, 2.05) is 13.8 Å². The molecule has 6 nitrogen and oxygen atoms in total. The summed E-state index contributed by atoms with van der Waals surface area (Å²) in [5, 5.41) is 0. The molecule has 5 atom stereocenters. The number of ether oxygens (including phenoxy) is 5. The molecule has 1 aliphatic rings. The Morgan fingerprint density at radius 3 is 2.29 bits per heavy atom. The lowest BCUT2D eigenvalue weighted by Crippen LogP contribution is -2.59. The van der Waals surface area contributed by atoms with Gasteiger partial charge in [-0.25, -0.2) is 0 Å². The molecule has 0 amide bonds. The van der Waals surface area contributed by atoms with Crippen LogP contribution in [-0.4, -0.2) is 58.0 Å². The smallest absolute Gasteiger partial charge is 0.295 e. The standard InChI is InChI=1S/C11H20O6/c1-5-15-9-8(13-3)7(2)17-11(16-6-12)10(9)14-4/h6-11H,5H2,1-4H3/t7-,8-,9+,10+,11+/m0/s1. The lowest BCUT2D eigenvalue weighted by molar-refractivity contribution is -0.296. The highest BCUT2D eigenvalue weighted by atomic mass is 16.7. The molecule has 0 N–H and O–H groups in total. The van der Waals surface area contributed by atoms with Crippen molar-refractivity contribution in [2.45, 2.75) is 44.6 Å². The third kappa shape index (κ3) is 3.16. The van der Waals surface area contributed by atoms with Gasteiger partial charge in [-0.1, -0.05) is 0 Å². The molecule has 6 heteroatoms. The largest absolute Gasteiger partial charge is 0.435 e. The van der Waals surface area contributed by atoms with Crippen LogP contribution in [0.1, 0.15) is 13.8 Å². The molecule has 1 heterocycles. The van der Waals surface area contributed by atoms with Gasteiger partial charge in [0.1, 0.15) is 18.3 Å². The van der Waals surface area contributed by atoms with Crippen molar-refractivity contribution in [3.05, 3.63) is 0 Å². The normalized spacial score (nSPS) is 37.8. The summed E-state index contributed by atoms with van der Waals surface area (Å²) in [5.41, 5.74) is 0. The fraction of sp³-hybridized carbons (Fsp3) is 0.909. The highest BCUT2D eigenvalue weighted by molar-refractivity contribution is 5.37. The zero-order chi connectivity index (χ0) is 12.8. The summed E-state index contributed by atoms with van der Waals surface area (Å²) in [6, 6.07) is 0. The lowest BCUT2D eigenvalue weighted by atomic mass is 9.99. The van der Waals surface area contributed by atoms with Crippen LogP contribution >= 0.6 is 0 Å². The molecule has 0 bridgehead atoms. The topological polar surface area (TPSA) is 63.2 Å². The molecule has 0 unspecified atom stereocenters. The molecular weight excluding hydrogens is 228 g/mol. The van der Waals surface area contributed by atoms with Crippen molar-refractivity contribution in [3.8, 4) is 0 Å². The summed E-state index contributed by atoms with van der Waals surface area (Å²) >= 11 is 0. The molecule has 0 aliphatic carbocycles. The minimum absolute atomic E-state index is 0.243. The lowest BCUT2D eigenvalue weighted by Gasteiger charge is -2.43. The van der Waals surface area contributed by atoms with Gasteiger partial charge in [-0.2, -0.15) is 0 Å². The minimum atomic E-state index is -0.768. The van der Waals surface area contributed by atoms with E-state index in [2.05, 4.69) is 0 Å². The van der Waals surface area contributed by atoms with Crippen molar-refractivity contribution >= 4 is 6.47 Å². The second-order valence-electron chi connectivity index (χ2n) is 3.76. The van der Waals surface area contributed by atoms with Crippen LogP contribution in [0.3, 0.4) is 0 Å². The second-order valence-corrected chi connectivity index (χ2v) is 3.76. The van der Waals surface area contributed by atoms with E-state index in [-0.39, 0.29) is 18.3 Å². The van der Waals surface area contributed by atoms with Crippen LogP contribution in [0.15, 0.2) is 0 Å². The number of hydrogen-bond acceptors (Lipinski definition) is 6. The van der Waals surface area contributed by atoms with Gasteiger partial charge < -0.3 is 23.7 Å². The molecule has 0 aromatic heterocycles. The molecule has 0 saturated carbocycles. The first-order valence-electron chi connectivity index (χ1n) is 5.61. The quantitative estimate of drug-likeness (QED) is 0.632. The molecule has 1 fully saturated rings. The van der Waals surface area contributed by atoms with E-state index in [4.69, 9.17) is 23.7 Å². The van der Waals surface area contributed by atoms with Crippen LogP contribution in [0.4, 0.5) is 0 Å². The minimum Gasteiger partial charge on any atom is -0.435 e. The average molecular weight is 248 g/mol. The van der Waals surface area contributed by atoms with Crippen LogP contribution in [0.5, 0.6) is 0 Å². The Morgan fingerprint density at radius 2 is 1.82 bits per heavy atom. The number of carbonyl (C=O) groups is 1. The van der Waals surface area contributed by atoms with Crippen molar-refractivity contribution in [1.82, 2.24) is 0 Å². The number of carbonyl (C=O) groups excluding carboxylic acids is 1. The molecule has 1 saturated heterocycles. The van der Waals surface area contributed by atoms with E-state index in [1.54, 1.807) is 7.11 Å². The van der Waals surface area contributed by atoms with E-state index in [9.17, 15) is 4.79 Å².